The van der Waals surface area contributed by atoms with Gasteiger partial charge >= 0.3 is 21.1 Å². The second kappa shape index (κ2) is 15.7. The summed E-state index contributed by atoms with van der Waals surface area (Å²) >= 11 is 7.51. The quantitative estimate of drug-likeness (QED) is 0.277. The average molecular weight is 252 g/mol. The van der Waals surface area contributed by atoms with Crippen LogP contribution in [0.2, 0.25) is 0 Å². The van der Waals surface area contributed by atoms with Gasteiger partial charge < -0.3 is 52.0 Å². The fourth-order valence-corrected chi connectivity index (χ4v) is 0. The summed E-state index contributed by atoms with van der Waals surface area (Å²) in [5, 5.41) is 0. The third kappa shape index (κ3) is 228. The molecule has 0 aromatic carbocycles. The fourth-order valence-electron chi connectivity index (χ4n) is 0. The minimum Gasteiger partial charge on any atom is -0.811 e. The molecule has 0 amide bonds. The SMILES string of the molecule is NC(=S)[S-].[Mo+3].[O-]S[O-]. The van der Waals surface area contributed by atoms with Crippen LogP contribution in [-0.2, 0) is 33.7 Å². The van der Waals surface area contributed by atoms with Gasteiger partial charge in [-0.1, -0.05) is 4.32 Å². The zero-order valence-corrected chi connectivity index (χ0v) is 7.98. The van der Waals surface area contributed by atoms with Crippen molar-refractivity contribution >= 4 is 41.5 Å². The first-order chi connectivity index (χ1) is 3.15. The molecule has 0 aliphatic rings. The van der Waals surface area contributed by atoms with Crippen molar-refractivity contribution in [1.29, 1.82) is 0 Å². The Morgan fingerprint density at radius 2 is 1.62 bits per heavy atom. The molecule has 2 N–H and O–H groups in total. The van der Waals surface area contributed by atoms with Crippen LogP contribution in [0.5, 0.6) is 0 Å². The van der Waals surface area contributed by atoms with Crippen LogP contribution >= 0.6 is 24.5 Å². The Morgan fingerprint density at radius 3 is 1.62 bits per heavy atom. The van der Waals surface area contributed by atoms with Crippen LogP contribution in [0.4, 0.5) is 0 Å². The summed E-state index contributed by atoms with van der Waals surface area (Å²) in [6, 6.07) is 0. The first kappa shape index (κ1) is 16.0. The molecule has 7 heteroatoms. The molecule has 47 valence electrons. The molecule has 0 aliphatic carbocycles. The minimum absolute atomic E-state index is 0. The Hall–Kier alpha value is 1.07. The molecule has 3 nitrogen and oxygen atoms in total. The van der Waals surface area contributed by atoms with E-state index >= 15 is 0 Å². The van der Waals surface area contributed by atoms with Crippen LogP contribution in [-0.4, -0.2) is 13.4 Å². The Morgan fingerprint density at radius 1 is 1.62 bits per heavy atom. The molecular formula is CH2MoNO2S3. The summed E-state index contributed by atoms with van der Waals surface area (Å²) in [7, 11) is 0. The van der Waals surface area contributed by atoms with E-state index in [1.54, 1.807) is 0 Å². The van der Waals surface area contributed by atoms with Crippen LogP contribution in [0.3, 0.4) is 0 Å². The van der Waals surface area contributed by atoms with Gasteiger partial charge in [-0.3, -0.25) is 0 Å². The van der Waals surface area contributed by atoms with Crippen molar-refractivity contribution in [3.05, 3.63) is 0 Å². The zero-order chi connectivity index (χ0) is 6.28. The van der Waals surface area contributed by atoms with E-state index in [0.717, 1.165) is 0 Å². The van der Waals surface area contributed by atoms with E-state index in [1.165, 1.54) is 0 Å². The van der Waals surface area contributed by atoms with Gasteiger partial charge in [0, 0.05) is 0 Å². The molecule has 0 rings (SSSR count). The van der Waals surface area contributed by atoms with Crippen LogP contribution in [0.1, 0.15) is 0 Å². The van der Waals surface area contributed by atoms with Crippen molar-refractivity contribution in [3.63, 3.8) is 0 Å². The Labute approximate surface area is 77.1 Å². The van der Waals surface area contributed by atoms with E-state index in [0.29, 0.717) is 0 Å². The first-order valence-corrected chi connectivity index (χ1v) is 2.51. The second-order valence-electron chi connectivity index (χ2n) is 0.387. The van der Waals surface area contributed by atoms with Gasteiger partial charge in [0.1, 0.15) is 0 Å². The molecule has 0 aromatic heterocycles. The molecule has 0 aliphatic heterocycles. The molecular weight excluding hydrogens is 250 g/mol. The number of hydrogen-bond acceptors (Lipinski definition) is 5. The standard InChI is InChI=1S/CH3NS2.Mo.H2O2S/c2-1(3)4;;1-3-2/h(H3,2,3,4);;1-2H/q;+3;/p-3. The monoisotopic (exact) mass is 254 g/mol. The molecule has 8 heavy (non-hydrogen) atoms. The maximum Gasteiger partial charge on any atom is 3.00 e. The third-order valence-electron chi connectivity index (χ3n) is 0. The van der Waals surface area contributed by atoms with E-state index < -0.39 is 12.3 Å². The molecule has 0 spiro atoms. The van der Waals surface area contributed by atoms with E-state index in [-0.39, 0.29) is 25.4 Å². The molecule has 0 aromatic rings. The number of rotatable bonds is 0. The number of thiocarbonyl (C=S) groups is 1. The summed E-state index contributed by atoms with van der Waals surface area (Å²) in [6.07, 6.45) is 0. The van der Waals surface area contributed by atoms with Crippen molar-refractivity contribution in [3.8, 4) is 0 Å². The van der Waals surface area contributed by atoms with E-state index in [2.05, 4.69) is 30.6 Å². The Balaban J connectivity index is -0.0000000575. The fraction of sp³-hybridized carbons (Fsp3) is 0. The molecule has 1 radical (unpaired) electrons. The molecule has 0 bridgehead atoms. The molecule has 0 atom stereocenters. The van der Waals surface area contributed by atoms with Crippen LogP contribution < -0.4 is 5.73 Å². The normalized spacial score (nSPS) is 5.25. The minimum atomic E-state index is -0.750. The van der Waals surface area contributed by atoms with Gasteiger partial charge in [-0.25, -0.2) is 0 Å². The molecule has 0 heterocycles. The average Bonchev–Trinajstić information content (AvgIpc) is 1.33. The van der Waals surface area contributed by atoms with Gasteiger partial charge in [0.05, 0.1) is 0 Å². The van der Waals surface area contributed by atoms with Gasteiger partial charge in [-0.05, 0) is 0 Å². The molecule has 0 saturated heterocycles. The predicted molar refractivity (Wildman–Crippen MR) is 33.3 cm³/mol. The summed E-state index contributed by atoms with van der Waals surface area (Å²) in [4.78, 5) is 0. The largest absolute Gasteiger partial charge is 3.00 e. The topological polar surface area (TPSA) is 72.1 Å². The van der Waals surface area contributed by atoms with Gasteiger partial charge in [0.2, 0.25) is 0 Å². The summed E-state index contributed by atoms with van der Waals surface area (Å²) in [5.41, 5.74) is 4.66. The molecule has 0 unspecified atom stereocenters. The van der Waals surface area contributed by atoms with Gasteiger partial charge in [-0.2, -0.15) is 0 Å². The van der Waals surface area contributed by atoms with Gasteiger partial charge in [0.15, 0.2) is 0 Å². The van der Waals surface area contributed by atoms with Crippen LogP contribution in [0, 0.1) is 0 Å². The first-order valence-electron chi connectivity index (χ1n) is 1.03. The number of hydrogen-bond donors (Lipinski definition) is 1. The Bertz CT molecular complexity index is 48.5. The Kier molecular flexibility index (Phi) is 31.4. The van der Waals surface area contributed by atoms with E-state index in [4.69, 9.17) is 9.11 Å². The van der Waals surface area contributed by atoms with Crippen LogP contribution in [0.25, 0.3) is 0 Å². The maximum atomic E-state index is 8.29. The van der Waals surface area contributed by atoms with Gasteiger partial charge in [0.25, 0.3) is 0 Å². The molecule has 0 fully saturated rings. The summed E-state index contributed by atoms with van der Waals surface area (Å²) in [5.74, 6) is 0. The van der Waals surface area contributed by atoms with E-state index in [1.807, 2.05) is 0 Å². The van der Waals surface area contributed by atoms with Crippen molar-refractivity contribution < 1.29 is 30.2 Å². The zero-order valence-electron chi connectivity index (χ0n) is 3.53. The van der Waals surface area contributed by atoms with Crippen molar-refractivity contribution in [2.75, 3.05) is 0 Å². The van der Waals surface area contributed by atoms with E-state index in [9.17, 15) is 0 Å². The van der Waals surface area contributed by atoms with Crippen molar-refractivity contribution in [2.45, 2.75) is 0 Å². The summed E-state index contributed by atoms with van der Waals surface area (Å²) < 4.78 is 16.7. The maximum absolute atomic E-state index is 8.29. The predicted octanol–water partition coefficient (Wildman–Crippen LogP) is -0.245. The molecule has 0 saturated carbocycles. The third-order valence-corrected chi connectivity index (χ3v) is 0. The van der Waals surface area contributed by atoms with Gasteiger partial charge in [-0.15, -0.1) is 0 Å². The smallest absolute Gasteiger partial charge is 0.811 e. The number of nitrogens with two attached hydrogens (primary N) is 1. The van der Waals surface area contributed by atoms with Crippen LogP contribution in [0.15, 0.2) is 0 Å². The van der Waals surface area contributed by atoms with Crippen molar-refractivity contribution in [2.24, 2.45) is 5.73 Å². The van der Waals surface area contributed by atoms with Crippen molar-refractivity contribution in [1.82, 2.24) is 0 Å². The second-order valence-corrected chi connectivity index (χ2v) is 1.66. The summed E-state index contributed by atoms with van der Waals surface area (Å²) in [6.45, 7) is 0.